The van der Waals surface area contributed by atoms with E-state index in [2.05, 4.69) is 27.5 Å². The number of fused-ring (bicyclic) bond motifs is 1. The van der Waals surface area contributed by atoms with Gasteiger partial charge in [-0.25, -0.2) is 4.57 Å². The van der Waals surface area contributed by atoms with Crippen LogP contribution in [0.1, 0.15) is 18.3 Å². The topological polar surface area (TPSA) is 32.6 Å². The Labute approximate surface area is 116 Å². The fourth-order valence-electron chi connectivity index (χ4n) is 2.31. The van der Waals surface area contributed by atoms with Gasteiger partial charge in [-0.2, -0.15) is 0 Å². The third kappa shape index (κ3) is 2.22. The molecule has 19 heavy (non-hydrogen) atoms. The van der Waals surface area contributed by atoms with Gasteiger partial charge >= 0.3 is 5.65 Å². The minimum Gasteiger partial charge on any atom is -0.271 e. The number of nitrogens with zero attached hydrogens (tertiary/aromatic N) is 2. The molecule has 0 fully saturated rings. The van der Waals surface area contributed by atoms with Crippen molar-refractivity contribution in [3.63, 3.8) is 0 Å². The number of halogens is 1. The molecule has 96 valence electrons. The van der Waals surface area contributed by atoms with Gasteiger partial charge in [0.05, 0.1) is 6.54 Å². The van der Waals surface area contributed by atoms with Crippen molar-refractivity contribution in [1.82, 2.24) is 9.97 Å². The minimum absolute atomic E-state index is 0.736. The number of hydrogen-bond acceptors (Lipinski definition) is 1. The summed E-state index contributed by atoms with van der Waals surface area (Å²) in [7, 11) is 0. The van der Waals surface area contributed by atoms with Crippen LogP contribution in [0.4, 0.5) is 0 Å². The fraction of sp³-hybridized carbons (Fsp3) is 0.200. The summed E-state index contributed by atoms with van der Waals surface area (Å²) < 4.78 is 2.19. The molecule has 0 aliphatic rings. The molecule has 4 heteroatoms. The summed E-state index contributed by atoms with van der Waals surface area (Å²) in [6.45, 7) is 2.87. The van der Waals surface area contributed by atoms with Crippen LogP contribution in [-0.4, -0.2) is 9.97 Å². The Kier molecular flexibility index (Phi) is 3.22. The first-order valence-corrected chi connectivity index (χ1v) is 6.76. The standard InChI is InChI=1S/C15H14ClN3/c1-2-14-18-13-8-5-9-17-15(13)19(14)10-11-6-3-4-7-12(11)16/h3-9H,2,10H2,1H3/p+1. The van der Waals surface area contributed by atoms with Gasteiger partial charge in [0.1, 0.15) is 6.20 Å². The molecule has 2 aromatic heterocycles. The molecule has 1 aromatic carbocycles. The fourth-order valence-corrected chi connectivity index (χ4v) is 2.50. The summed E-state index contributed by atoms with van der Waals surface area (Å²) in [5.41, 5.74) is 3.14. The Morgan fingerprint density at radius 2 is 2.05 bits per heavy atom. The van der Waals surface area contributed by atoms with Crippen molar-refractivity contribution in [2.45, 2.75) is 19.9 Å². The van der Waals surface area contributed by atoms with E-state index < -0.39 is 0 Å². The summed E-state index contributed by atoms with van der Waals surface area (Å²) >= 11 is 6.24. The third-order valence-corrected chi connectivity index (χ3v) is 3.64. The molecular formula is C15H15ClN3+. The molecule has 0 radical (unpaired) electrons. The van der Waals surface area contributed by atoms with E-state index in [0.717, 1.165) is 40.5 Å². The highest BCUT2D eigenvalue weighted by Crippen LogP contribution is 2.16. The van der Waals surface area contributed by atoms with Crippen LogP contribution < -0.4 is 4.57 Å². The van der Waals surface area contributed by atoms with Crippen LogP contribution in [0.15, 0.2) is 42.6 Å². The largest absolute Gasteiger partial charge is 0.301 e. The summed E-state index contributed by atoms with van der Waals surface area (Å²) in [5.74, 6) is 1.16. The smallest absolute Gasteiger partial charge is 0.271 e. The number of benzene rings is 1. The van der Waals surface area contributed by atoms with E-state index >= 15 is 0 Å². The maximum absolute atomic E-state index is 6.24. The van der Waals surface area contributed by atoms with E-state index in [-0.39, 0.29) is 0 Å². The van der Waals surface area contributed by atoms with Crippen molar-refractivity contribution < 1.29 is 4.57 Å². The Hall–Kier alpha value is -1.87. The molecule has 3 aromatic rings. The molecule has 2 heterocycles. The lowest BCUT2D eigenvalue weighted by Crippen LogP contribution is -2.38. The van der Waals surface area contributed by atoms with Crippen molar-refractivity contribution in [2.75, 3.05) is 0 Å². The van der Waals surface area contributed by atoms with E-state index in [1.165, 1.54) is 0 Å². The molecule has 3 rings (SSSR count). The van der Waals surface area contributed by atoms with Gasteiger partial charge < -0.3 is 0 Å². The van der Waals surface area contributed by atoms with Gasteiger partial charge in [-0.3, -0.25) is 4.98 Å². The maximum Gasteiger partial charge on any atom is 0.301 e. The highest BCUT2D eigenvalue weighted by molar-refractivity contribution is 6.31. The van der Waals surface area contributed by atoms with Gasteiger partial charge in [0.25, 0.3) is 0 Å². The van der Waals surface area contributed by atoms with Gasteiger partial charge in [0.15, 0.2) is 5.52 Å². The second-order valence-corrected chi connectivity index (χ2v) is 4.88. The Bertz CT molecular complexity index is 718. The molecule has 0 amide bonds. The highest BCUT2D eigenvalue weighted by atomic mass is 35.5. The molecule has 0 saturated carbocycles. The van der Waals surface area contributed by atoms with E-state index in [1.807, 2.05) is 36.5 Å². The maximum atomic E-state index is 6.24. The number of nitrogens with one attached hydrogen (secondary N) is 1. The SMILES string of the molecule is CCc1[nH]c2cccnc2[n+]1Cc1ccccc1Cl. The average molecular weight is 273 g/mol. The van der Waals surface area contributed by atoms with Crippen LogP contribution in [0.5, 0.6) is 0 Å². The van der Waals surface area contributed by atoms with Gasteiger partial charge in [-0.15, -0.1) is 4.98 Å². The quantitative estimate of drug-likeness (QED) is 0.730. The number of aromatic nitrogens is 3. The zero-order chi connectivity index (χ0) is 13.2. The van der Waals surface area contributed by atoms with Crippen molar-refractivity contribution in [2.24, 2.45) is 0 Å². The van der Waals surface area contributed by atoms with Crippen LogP contribution in [0, 0.1) is 0 Å². The zero-order valence-corrected chi connectivity index (χ0v) is 11.5. The van der Waals surface area contributed by atoms with Crippen LogP contribution in [0.2, 0.25) is 5.02 Å². The summed E-state index contributed by atoms with van der Waals surface area (Å²) in [5, 5.41) is 0.794. The van der Waals surface area contributed by atoms with Crippen LogP contribution in [0.3, 0.4) is 0 Å². The molecule has 0 atom stereocenters. The number of aromatic amines is 1. The summed E-state index contributed by atoms with van der Waals surface area (Å²) in [6, 6.07) is 11.9. The molecule has 0 bridgehead atoms. The molecule has 3 nitrogen and oxygen atoms in total. The van der Waals surface area contributed by atoms with E-state index in [1.54, 1.807) is 0 Å². The lowest BCUT2D eigenvalue weighted by atomic mass is 10.2. The first-order chi connectivity index (χ1) is 9.29. The lowest BCUT2D eigenvalue weighted by molar-refractivity contribution is -0.671. The number of aryl methyl sites for hydroxylation is 1. The monoisotopic (exact) mass is 272 g/mol. The van der Waals surface area contributed by atoms with E-state index in [0.29, 0.717) is 0 Å². The first kappa shape index (κ1) is 12.2. The number of hydrogen-bond donors (Lipinski definition) is 1. The van der Waals surface area contributed by atoms with Crippen LogP contribution >= 0.6 is 11.6 Å². The molecule has 1 N–H and O–H groups in total. The second-order valence-electron chi connectivity index (χ2n) is 4.48. The lowest BCUT2D eigenvalue weighted by Gasteiger charge is -2.04. The number of pyridine rings is 1. The summed E-state index contributed by atoms with van der Waals surface area (Å²) in [6.07, 6.45) is 2.75. The zero-order valence-electron chi connectivity index (χ0n) is 10.7. The minimum atomic E-state index is 0.736. The molecule has 0 aliphatic heterocycles. The molecule has 0 spiro atoms. The Morgan fingerprint density at radius 3 is 2.84 bits per heavy atom. The van der Waals surface area contributed by atoms with E-state index in [9.17, 15) is 0 Å². The molecular weight excluding hydrogens is 258 g/mol. The van der Waals surface area contributed by atoms with Crippen LogP contribution in [0.25, 0.3) is 11.2 Å². The van der Waals surface area contributed by atoms with Gasteiger partial charge in [0, 0.05) is 17.0 Å². The Balaban J connectivity index is 2.12. The highest BCUT2D eigenvalue weighted by Gasteiger charge is 2.17. The molecule has 0 saturated heterocycles. The predicted molar refractivity (Wildman–Crippen MR) is 76.2 cm³/mol. The van der Waals surface area contributed by atoms with Crippen molar-refractivity contribution >= 4 is 22.8 Å². The van der Waals surface area contributed by atoms with Gasteiger partial charge in [-0.1, -0.05) is 36.7 Å². The summed E-state index contributed by atoms with van der Waals surface area (Å²) in [4.78, 5) is 7.88. The normalized spacial score (nSPS) is 11.1. The number of imidazole rings is 1. The number of H-pyrrole nitrogens is 1. The average Bonchev–Trinajstić information content (AvgIpc) is 2.79. The van der Waals surface area contributed by atoms with E-state index in [4.69, 9.17) is 11.6 Å². The predicted octanol–water partition coefficient (Wildman–Crippen LogP) is 3.11. The Morgan fingerprint density at radius 1 is 1.21 bits per heavy atom. The third-order valence-electron chi connectivity index (χ3n) is 3.27. The van der Waals surface area contributed by atoms with Gasteiger partial charge in [-0.05, 0) is 18.2 Å². The van der Waals surface area contributed by atoms with Crippen molar-refractivity contribution in [3.8, 4) is 0 Å². The first-order valence-electron chi connectivity index (χ1n) is 6.38. The molecule has 0 unspecified atom stereocenters. The molecule has 0 aliphatic carbocycles. The van der Waals surface area contributed by atoms with Crippen LogP contribution in [-0.2, 0) is 13.0 Å². The van der Waals surface area contributed by atoms with Crippen molar-refractivity contribution in [3.05, 3.63) is 59.0 Å². The second kappa shape index (κ2) is 5.02. The van der Waals surface area contributed by atoms with Crippen molar-refractivity contribution in [1.29, 1.82) is 0 Å². The number of rotatable bonds is 3. The van der Waals surface area contributed by atoms with Gasteiger partial charge in [0.2, 0.25) is 5.82 Å².